The SMILES string of the molecule is CCC(O)(CC)CNC(=O)C(N)c1ccccc1. The molecule has 18 heavy (non-hydrogen) atoms. The van der Waals surface area contributed by atoms with E-state index in [1.165, 1.54) is 0 Å². The quantitative estimate of drug-likeness (QED) is 0.713. The van der Waals surface area contributed by atoms with Gasteiger partial charge in [-0.15, -0.1) is 0 Å². The Morgan fingerprint density at radius 3 is 2.39 bits per heavy atom. The van der Waals surface area contributed by atoms with Crippen LogP contribution in [0.2, 0.25) is 0 Å². The highest BCUT2D eigenvalue weighted by Crippen LogP contribution is 2.14. The Morgan fingerprint density at radius 1 is 1.33 bits per heavy atom. The maximum Gasteiger partial charge on any atom is 0.241 e. The molecule has 1 atom stereocenters. The Labute approximate surface area is 108 Å². The molecule has 0 heterocycles. The normalized spacial score (nSPS) is 13.1. The summed E-state index contributed by atoms with van der Waals surface area (Å²) in [6, 6.07) is 8.50. The molecule has 0 saturated heterocycles. The molecule has 0 aliphatic rings. The second-order valence-electron chi connectivity index (χ2n) is 4.54. The van der Waals surface area contributed by atoms with Gasteiger partial charge < -0.3 is 16.2 Å². The summed E-state index contributed by atoms with van der Waals surface area (Å²) in [5.41, 5.74) is 5.79. The number of hydrogen-bond donors (Lipinski definition) is 3. The van der Waals surface area contributed by atoms with Gasteiger partial charge in [0.1, 0.15) is 6.04 Å². The minimum Gasteiger partial charge on any atom is -0.388 e. The Bertz CT molecular complexity index is 375. The number of nitrogens with two attached hydrogens (primary N) is 1. The van der Waals surface area contributed by atoms with Gasteiger partial charge in [-0.05, 0) is 18.4 Å². The first-order chi connectivity index (χ1) is 8.52. The van der Waals surface area contributed by atoms with Crippen LogP contribution in [0.25, 0.3) is 0 Å². The van der Waals surface area contributed by atoms with Crippen LogP contribution in [0.5, 0.6) is 0 Å². The van der Waals surface area contributed by atoms with Gasteiger partial charge in [0.2, 0.25) is 5.91 Å². The van der Waals surface area contributed by atoms with Crippen LogP contribution in [0.3, 0.4) is 0 Å². The Morgan fingerprint density at radius 2 is 1.89 bits per heavy atom. The lowest BCUT2D eigenvalue weighted by Gasteiger charge is -2.26. The summed E-state index contributed by atoms with van der Waals surface area (Å²) in [7, 11) is 0. The molecule has 4 nitrogen and oxygen atoms in total. The number of nitrogens with one attached hydrogen (secondary N) is 1. The monoisotopic (exact) mass is 250 g/mol. The van der Waals surface area contributed by atoms with E-state index in [4.69, 9.17) is 5.73 Å². The number of benzene rings is 1. The molecule has 1 aromatic rings. The molecule has 4 N–H and O–H groups in total. The van der Waals surface area contributed by atoms with E-state index in [-0.39, 0.29) is 12.5 Å². The van der Waals surface area contributed by atoms with Gasteiger partial charge in [0.25, 0.3) is 0 Å². The summed E-state index contributed by atoms with van der Waals surface area (Å²) in [4.78, 5) is 11.9. The first-order valence-corrected chi connectivity index (χ1v) is 6.33. The molecular formula is C14H22N2O2. The third-order valence-corrected chi connectivity index (χ3v) is 3.35. The van der Waals surface area contributed by atoms with E-state index in [0.717, 1.165) is 5.56 Å². The standard InChI is InChI=1S/C14H22N2O2/c1-3-14(18,4-2)10-16-13(17)12(15)11-8-6-5-7-9-11/h5-9,12,18H,3-4,10,15H2,1-2H3,(H,16,17). The van der Waals surface area contributed by atoms with Crippen LogP contribution < -0.4 is 11.1 Å². The summed E-state index contributed by atoms with van der Waals surface area (Å²) >= 11 is 0. The molecule has 0 bridgehead atoms. The molecule has 0 saturated carbocycles. The number of amides is 1. The first kappa shape index (κ1) is 14.7. The van der Waals surface area contributed by atoms with Crippen LogP contribution in [0.15, 0.2) is 30.3 Å². The second-order valence-corrected chi connectivity index (χ2v) is 4.54. The number of hydrogen-bond acceptors (Lipinski definition) is 3. The molecule has 1 aromatic carbocycles. The van der Waals surface area contributed by atoms with E-state index >= 15 is 0 Å². The molecule has 4 heteroatoms. The van der Waals surface area contributed by atoms with E-state index < -0.39 is 11.6 Å². The molecule has 100 valence electrons. The van der Waals surface area contributed by atoms with Gasteiger partial charge in [-0.25, -0.2) is 0 Å². The van der Waals surface area contributed by atoms with Crippen molar-refractivity contribution in [1.82, 2.24) is 5.32 Å². The van der Waals surface area contributed by atoms with Gasteiger partial charge in [-0.3, -0.25) is 4.79 Å². The van der Waals surface area contributed by atoms with Crippen LogP contribution >= 0.6 is 0 Å². The minimum atomic E-state index is -0.841. The Kier molecular flexibility index (Phi) is 5.31. The summed E-state index contributed by atoms with van der Waals surface area (Å²) < 4.78 is 0. The smallest absolute Gasteiger partial charge is 0.241 e. The lowest BCUT2D eigenvalue weighted by molar-refractivity contribution is -0.123. The van der Waals surface area contributed by atoms with E-state index in [2.05, 4.69) is 5.32 Å². The van der Waals surface area contributed by atoms with Gasteiger partial charge in [-0.1, -0.05) is 44.2 Å². The highest BCUT2D eigenvalue weighted by Gasteiger charge is 2.24. The summed E-state index contributed by atoms with van der Waals surface area (Å²) in [6.07, 6.45) is 1.20. The van der Waals surface area contributed by atoms with E-state index in [1.54, 1.807) is 0 Å². The average molecular weight is 250 g/mol. The first-order valence-electron chi connectivity index (χ1n) is 6.33. The van der Waals surface area contributed by atoms with Gasteiger partial charge >= 0.3 is 0 Å². The largest absolute Gasteiger partial charge is 0.388 e. The molecular weight excluding hydrogens is 228 g/mol. The van der Waals surface area contributed by atoms with E-state index in [9.17, 15) is 9.90 Å². The molecule has 0 aliphatic carbocycles. The predicted molar refractivity (Wildman–Crippen MR) is 71.9 cm³/mol. The van der Waals surface area contributed by atoms with Crippen molar-refractivity contribution in [3.63, 3.8) is 0 Å². The fraction of sp³-hybridized carbons (Fsp3) is 0.500. The van der Waals surface area contributed by atoms with Crippen LogP contribution in [0.4, 0.5) is 0 Å². The molecule has 1 amide bonds. The van der Waals surface area contributed by atoms with Crippen molar-refractivity contribution in [1.29, 1.82) is 0 Å². The van der Waals surface area contributed by atoms with Crippen LogP contribution in [0, 0.1) is 0 Å². The summed E-state index contributed by atoms with van der Waals surface area (Å²) in [6.45, 7) is 4.03. The van der Waals surface area contributed by atoms with Crippen LogP contribution in [-0.2, 0) is 4.79 Å². The molecule has 1 unspecified atom stereocenters. The third kappa shape index (κ3) is 3.82. The van der Waals surface area contributed by atoms with Crippen molar-refractivity contribution >= 4 is 5.91 Å². The average Bonchev–Trinajstić information content (AvgIpc) is 2.44. The van der Waals surface area contributed by atoms with Crippen molar-refractivity contribution < 1.29 is 9.90 Å². The minimum absolute atomic E-state index is 0.235. The zero-order valence-electron chi connectivity index (χ0n) is 11.0. The topological polar surface area (TPSA) is 75.3 Å². The fourth-order valence-electron chi connectivity index (χ4n) is 1.67. The lowest BCUT2D eigenvalue weighted by atomic mass is 9.97. The summed E-state index contributed by atoms with van der Waals surface area (Å²) in [5, 5.41) is 12.8. The number of aliphatic hydroxyl groups is 1. The fourth-order valence-corrected chi connectivity index (χ4v) is 1.67. The van der Waals surface area contributed by atoms with Gasteiger partial charge in [-0.2, -0.15) is 0 Å². The highest BCUT2D eigenvalue weighted by atomic mass is 16.3. The van der Waals surface area contributed by atoms with Crippen molar-refractivity contribution in [3.05, 3.63) is 35.9 Å². The van der Waals surface area contributed by atoms with Crippen LogP contribution in [0.1, 0.15) is 38.3 Å². The lowest BCUT2D eigenvalue weighted by Crippen LogP contribution is -2.44. The predicted octanol–water partition coefficient (Wildman–Crippen LogP) is 1.35. The molecule has 0 fully saturated rings. The molecule has 0 aromatic heterocycles. The van der Waals surface area contributed by atoms with Gasteiger partial charge in [0, 0.05) is 6.54 Å². The highest BCUT2D eigenvalue weighted by molar-refractivity contribution is 5.82. The van der Waals surface area contributed by atoms with Crippen molar-refractivity contribution in [2.75, 3.05) is 6.54 Å². The Hall–Kier alpha value is -1.39. The van der Waals surface area contributed by atoms with E-state index in [0.29, 0.717) is 12.8 Å². The zero-order valence-corrected chi connectivity index (χ0v) is 11.0. The molecule has 0 radical (unpaired) electrons. The maximum absolute atomic E-state index is 11.9. The van der Waals surface area contributed by atoms with Gasteiger partial charge in [0.05, 0.1) is 5.60 Å². The van der Waals surface area contributed by atoms with Crippen molar-refractivity contribution in [2.45, 2.75) is 38.3 Å². The Balaban J connectivity index is 2.56. The molecule has 1 rings (SSSR count). The summed E-state index contributed by atoms with van der Waals surface area (Å²) in [5.74, 6) is -0.262. The molecule has 0 spiro atoms. The second kappa shape index (κ2) is 6.52. The molecule has 0 aliphatic heterocycles. The van der Waals surface area contributed by atoms with E-state index in [1.807, 2.05) is 44.2 Å². The number of carbonyl (C=O) groups excluding carboxylic acids is 1. The third-order valence-electron chi connectivity index (χ3n) is 3.35. The zero-order chi connectivity index (χ0) is 13.6. The van der Waals surface area contributed by atoms with Crippen molar-refractivity contribution in [2.24, 2.45) is 5.73 Å². The van der Waals surface area contributed by atoms with Crippen molar-refractivity contribution in [3.8, 4) is 0 Å². The number of rotatable bonds is 6. The van der Waals surface area contributed by atoms with Crippen LogP contribution in [-0.4, -0.2) is 23.2 Å². The maximum atomic E-state index is 11.9. The van der Waals surface area contributed by atoms with Gasteiger partial charge in [0.15, 0.2) is 0 Å². The number of carbonyl (C=O) groups is 1.